The summed E-state index contributed by atoms with van der Waals surface area (Å²) in [6, 6.07) is 4.96. The standard InChI is InChI=1S/C13H18BrClN2O2S/c1-9-7-17(8-13(9)16(2)3)20(18,19)10-4-5-12(15)11(14)6-10/h4-6,9,13H,7-8H2,1-3H3. The lowest BCUT2D eigenvalue weighted by molar-refractivity contribution is 0.263. The average molecular weight is 382 g/mol. The van der Waals surface area contributed by atoms with Crippen LogP contribution in [0.5, 0.6) is 0 Å². The smallest absolute Gasteiger partial charge is 0.243 e. The lowest BCUT2D eigenvalue weighted by atomic mass is 10.1. The van der Waals surface area contributed by atoms with Crippen LogP contribution in [0.1, 0.15) is 6.92 Å². The fourth-order valence-electron chi connectivity index (χ4n) is 2.56. The summed E-state index contributed by atoms with van der Waals surface area (Å²) in [5, 5.41) is 0.505. The SMILES string of the molecule is CC1CN(S(=O)(=O)c2ccc(Cl)c(Br)c2)CC1N(C)C. The molecule has 112 valence electrons. The van der Waals surface area contributed by atoms with E-state index in [-0.39, 0.29) is 10.9 Å². The van der Waals surface area contributed by atoms with Crippen molar-refractivity contribution >= 4 is 37.6 Å². The summed E-state index contributed by atoms with van der Waals surface area (Å²) in [6.45, 7) is 3.15. The number of hydrogen-bond acceptors (Lipinski definition) is 3. The normalized spacial score (nSPS) is 24.5. The molecule has 0 aromatic heterocycles. The minimum atomic E-state index is -3.46. The molecule has 0 radical (unpaired) electrons. The van der Waals surface area contributed by atoms with Gasteiger partial charge in [0.1, 0.15) is 0 Å². The number of nitrogens with zero attached hydrogens (tertiary/aromatic N) is 2. The zero-order chi connectivity index (χ0) is 15.1. The fourth-order valence-corrected chi connectivity index (χ4v) is 4.79. The van der Waals surface area contributed by atoms with Crippen LogP contribution in [0, 0.1) is 5.92 Å². The Morgan fingerprint density at radius 3 is 2.50 bits per heavy atom. The first-order valence-electron chi connectivity index (χ1n) is 6.35. The zero-order valence-electron chi connectivity index (χ0n) is 11.7. The highest BCUT2D eigenvalue weighted by Crippen LogP contribution is 2.30. The molecular formula is C13H18BrClN2O2S. The van der Waals surface area contributed by atoms with Crippen molar-refractivity contribution in [2.75, 3.05) is 27.2 Å². The van der Waals surface area contributed by atoms with Crippen LogP contribution in [0.3, 0.4) is 0 Å². The Kier molecular flexibility index (Phi) is 4.81. The number of rotatable bonds is 3. The monoisotopic (exact) mass is 380 g/mol. The predicted molar refractivity (Wildman–Crippen MR) is 84.5 cm³/mol. The summed E-state index contributed by atoms with van der Waals surface area (Å²) in [6.07, 6.45) is 0. The molecule has 2 atom stereocenters. The van der Waals surface area contributed by atoms with E-state index in [2.05, 4.69) is 27.8 Å². The molecule has 1 aromatic rings. The Morgan fingerprint density at radius 1 is 1.35 bits per heavy atom. The van der Waals surface area contributed by atoms with Crippen molar-refractivity contribution in [2.24, 2.45) is 5.92 Å². The summed E-state index contributed by atoms with van der Waals surface area (Å²) in [5.41, 5.74) is 0. The molecule has 2 unspecified atom stereocenters. The topological polar surface area (TPSA) is 40.6 Å². The van der Waals surface area contributed by atoms with E-state index in [1.807, 2.05) is 14.1 Å². The van der Waals surface area contributed by atoms with Crippen molar-refractivity contribution < 1.29 is 8.42 Å². The van der Waals surface area contributed by atoms with Gasteiger partial charge in [0.05, 0.1) is 9.92 Å². The van der Waals surface area contributed by atoms with E-state index in [0.717, 1.165) is 0 Å². The number of halogens is 2. The summed E-state index contributed by atoms with van der Waals surface area (Å²) >= 11 is 9.19. The van der Waals surface area contributed by atoms with Gasteiger partial charge in [0.2, 0.25) is 10.0 Å². The number of benzene rings is 1. The number of likely N-dealkylation sites (N-methyl/N-ethyl adjacent to an activating group) is 1. The van der Waals surface area contributed by atoms with Crippen molar-refractivity contribution in [1.82, 2.24) is 9.21 Å². The van der Waals surface area contributed by atoms with Crippen molar-refractivity contribution in [2.45, 2.75) is 17.9 Å². The van der Waals surface area contributed by atoms with Gasteiger partial charge in [0, 0.05) is 23.6 Å². The number of hydrogen-bond donors (Lipinski definition) is 0. The summed E-state index contributed by atoms with van der Waals surface area (Å²) in [7, 11) is 0.505. The van der Waals surface area contributed by atoms with Gasteiger partial charge in [-0.25, -0.2) is 8.42 Å². The minimum absolute atomic E-state index is 0.250. The van der Waals surface area contributed by atoms with E-state index >= 15 is 0 Å². The van der Waals surface area contributed by atoms with Crippen LogP contribution in [-0.2, 0) is 10.0 Å². The van der Waals surface area contributed by atoms with Gasteiger partial charge in [0.15, 0.2) is 0 Å². The van der Waals surface area contributed by atoms with Crippen LogP contribution >= 0.6 is 27.5 Å². The van der Waals surface area contributed by atoms with Crippen LogP contribution in [0.4, 0.5) is 0 Å². The molecule has 0 aliphatic carbocycles. The van der Waals surface area contributed by atoms with Crippen molar-refractivity contribution in [3.63, 3.8) is 0 Å². The van der Waals surface area contributed by atoms with E-state index in [0.29, 0.717) is 28.5 Å². The van der Waals surface area contributed by atoms with Crippen LogP contribution in [0.25, 0.3) is 0 Å². The van der Waals surface area contributed by atoms with Crippen molar-refractivity contribution in [3.8, 4) is 0 Å². The molecule has 1 saturated heterocycles. The van der Waals surface area contributed by atoms with Crippen LogP contribution in [-0.4, -0.2) is 50.8 Å². The maximum Gasteiger partial charge on any atom is 0.243 e. The molecule has 1 aliphatic heterocycles. The maximum atomic E-state index is 12.7. The highest BCUT2D eigenvalue weighted by Gasteiger charge is 2.38. The lowest BCUT2D eigenvalue weighted by Gasteiger charge is -2.22. The van der Waals surface area contributed by atoms with Gasteiger partial charge >= 0.3 is 0 Å². The average Bonchev–Trinajstić information content (AvgIpc) is 2.75. The number of sulfonamides is 1. The zero-order valence-corrected chi connectivity index (χ0v) is 14.8. The second-order valence-corrected chi connectivity index (χ2v) is 8.61. The third kappa shape index (κ3) is 3.04. The van der Waals surface area contributed by atoms with E-state index in [1.165, 1.54) is 0 Å². The van der Waals surface area contributed by atoms with Gasteiger partial charge in [-0.1, -0.05) is 18.5 Å². The maximum absolute atomic E-state index is 12.7. The van der Waals surface area contributed by atoms with Crippen LogP contribution < -0.4 is 0 Å². The first-order chi connectivity index (χ1) is 9.23. The molecular weight excluding hydrogens is 364 g/mol. The molecule has 1 fully saturated rings. The Morgan fingerprint density at radius 2 is 2.00 bits per heavy atom. The van der Waals surface area contributed by atoms with Gasteiger partial charge in [-0.15, -0.1) is 0 Å². The first kappa shape index (κ1) is 16.2. The molecule has 0 bridgehead atoms. The molecule has 0 saturated carbocycles. The second-order valence-electron chi connectivity index (χ2n) is 5.41. The molecule has 0 N–H and O–H groups in total. The van der Waals surface area contributed by atoms with E-state index in [9.17, 15) is 8.42 Å². The summed E-state index contributed by atoms with van der Waals surface area (Å²) in [5.74, 6) is 0.315. The van der Waals surface area contributed by atoms with Gasteiger partial charge in [-0.05, 0) is 54.1 Å². The molecule has 7 heteroatoms. The predicted octanol–water partition coefficient (Wildman–Crippen LogP) is 2.67. The van der Waals surface area contributed by atoms with Gasteiger partial charge < -0.3 is 4.90 Å². The third-order valence-electron chi connectivity index (χ3n) is 3.73. The molecule has 1 heterocycles. The van der Waals surface area contributed by atoms with Gasteiger partial charge in [-0.2, -0.15) is 4.31 Å². The van der Waals surface area contributed by atoms with E-state index in [1.54, 1.807) is 22.5 Å². The Hall–Kier alpha value is -0.140. The molecule has 1 aliphatic rings. The largest absolute Gasteiger partial charge is 0.305 e. The second kappa shape index (κ2) is 5.93. The van der Waals surface area contributed by atoms with Gasteiger partial charge in [-0.3, -0.25) is 0 Å². The lowest BCUT2D eigenvalue weighted by Crippen LogP contribution is -2.35. The quantitative estimate of drug-likeness (QED) is 0.808. The van der Waals surface area contributed by atoms with Crippen LogP contribution in [0.2, 0.25) is 5.02 Å². The fraction of sp³-hybridized carbons (Fsp3) is 0.538. The summed E-state index contributed by atoms with van der Waals surface area (Å²) < 4.78 is 27.5. The van der Waals surface area contributed by atoms with Gasteiger partial charge in [0.25, 0.3) is 0 Å². The van der Waals surface area contributed by atoms with Crippen LogP contribution in [0.15, 0.2) is 27.6 Å². The van der Waals surface area contributed by atoms with E-state index < -0.39 is 10.0 Å². The Bertz CT molecular complexity index is 606. The summed E-state index contributed by atoms with van der Waals surface area (Å²) in [4.78, 5) is 2.36. The van der Waals surface area contributed by atoms with Crippen molar-refractivity contribution in [3.05, 3.63) is 27.7 Å². The Labute approximate surface area is 133 Å². The molecule has 2 rings (SSSR count). The highest BCUT2D eigenvalue weighted by molar-refractivity contribution is 9.10. The van der Waals surface area contributed by atoms with Crippen molar-refractivity contribution in [1.29, 1.82) is 0 Å². The first-order valence-corrected chi connectivity index (χ1v) is 8.96. The third-order valence-corrected chi connectivity index (χ3v) is 6.77. The molecule has 0 spiro atoms. The van der Waals surface area contributed by atoms with E-state index in [4.69, 9.17) is 11.6 Å². The minimum Gasteiger partial charge on any atom is -0.305 e. The molecule has 0 amide bonds. The molecule has 20 heavy (non-hydrogen) atoms. The molecule has 1 aromatic carbocycles. The molecule has 4 nitrogen and oxygen atoms in total. The Balaban J connectivity index is 2.30. The highest BCUT2D eigenvalue weighted by atomic mass is 79.9.